The van der Waals surface area contributed by atoms with E-state index in [0.29, 0.717) is 0 Å². The van der Waals surface area contributed by atoms with Gasteiger partial charge >= 0.3 is 0 Å². The molecule has 2 aromatic carbocycles. The van der Waals surface area contributed by atoms with Crippen LogP contribution >= 0.6 is 0 Å². The molecule has 0 spiro atoms. The SMILES string of the molecule is COc1ccc(C)cc1S(=O)(=O)Nc1ccc(S(C)(=O)=O)cc1. The summed E-state index contributed by atoms with van der Waals surface area (Å²) in [6.07, 6.45) is 1.09. The summed E-state index contributed by atoms with van der Waals surface area (Å²) in [5.74, 6) is 0.232. The molecule has 2 aromatic rings. The number of nitrogens with one attached hydrogen (secondary N) is 1. The van der Waals surface area contributed by atoms with Crippen LogP contribution in [0, 0.1) is 6.92 Å². The van der Waals surface area contributed by atoms with Gasteiger partial charge in [-0.1, -0.05) is 6.07 Å². The average molecular weight is 355 g/mol. The number of ether oxygens (including phenoxy) is 1. The Bertz CT molecular complexity index is 917. The molecular weight excluding hydrogens is 338 g/mol. The molecule has 6 nitrogen and oxygen atoms in total. The van der Waals surface area contributed by atoms with Gasteiger partial charge in [-0.25, -0.2) is 16.8 Å². The molecule has 0 aromatic heterocycles. The minimum Gasteiger partial charge on any atom is -0.495 e. The molecule has 0 aliphatic rings. The van der Waals surface area contributed by atoms with E-state index in [2.05, 4.69) is 4.72 Å². The third-order valence-electron chi connectivity index (χ3n) is 3.14. The van der Waals surface area contributed by atoms with Gasteiger partial charge in [0.25, 0.3) is 10.0 Å². The number of sulfonamides is 1. The van der Waals surface area contributed by atoms with E-state index >= 15 is 0 Å². The Kier molecular flexibility index (Phi) is 4.67. The Balaban J connectivity index is 2.37. The zero-order valence-electron chi connectivity index (χ0n) is 12.9. The lowest BCUT2D eigenvalue weighted by atomic mass is 10.2. The molecule has 0 radical (unpaired) electrons. The summed E-state index contributed by atoms with van der Waals surface area (Å²) in [7, 11) is -5.79. The number of hydrogen-bond donors (Lipinski definition) is 1. The van der Waals surface area contributed by atoms with E-state index in [1.807, 2.05) is 0 Å². The second kappa shape index (κ2) is 6.21. The second-order valence-electron chi connectivity index (χ2n) is 5.06. The van der Waals surface area contributed by atoms with Crippen LogP contribution in [0.5, 0.6) is 5.75 Å². The number of methoxy groups -OCH3 is 1. The van der Waals surface area contributed by atoms with Crippen molar-refractivity contribution in [3.63, 3.8) is 0 Å². The van der Waals surface area contributed by atoms with Crippen molar-refractivity contribution in [3.8, 4) is 5.75 Å². The lowest BCUT2D eigenvalue weighted by Crippen LogP contribution is -2.14. The van der Waals surface area contributed by atoms with E-state index in [0.717, 1.165) is 11.8 Å². The molecule has 8 heteroatoms. The van der Waals surface area contributed by atoms with E-state index < -0.39 is 19.9 Å². The number of anilines is 1. The first kappa shape index (κ1) is 17.3. The molecule has 0 heterocycles. The van der Waals surface area contributed by atoms with Gasteiger partial charge in [-0.3, -0.25) is 4.72 Å². The van der Waals surface area contributed by atoms with Crippen LogP contribution in [-0.2, 0) is 19.9 Å². The monoisotopic (exact) mass is 355 g/mol. The number of sulfone groups is 1. The fourth-order valence-corrected chi connectivity index (χ4v) is 3.92. The molecule has 0 aliphatic carbocycles. The largest absolute Gasteiger partial charge is 0.495 e. The Hall–Kier alpha value is -2.06. The summed E-state index contributed by atoms with van der Waals surface area (Å²) in [6.45, 7) is 1.78. The predicted octanol–water partition coefficient (Wildman–Crippen LogP) is 2.21. The first-order chi connectivity index (χ1) is 10.6. The zero-order chi connectivity index (χ0) is 17.3. The Morgan fingerprint density at radius 3 is 2.09 bits per heavy atom. The van der Waals surface area contributed by atoms with Crippen LogP contribution in [0.15, 0.2) is 52.3 Å². The lowest BCUT2D eigenvalue weighted by molar-refractivity contribution is 0.402. The average Bonchev–Trinajstić information content (AvgIpc) is 2.46. The molecule has 23 heavy (non-hydrogen) atoms. The van der Waals surface area contributed by atoms with Gasteiger partial charge in [0.05, 0.1) is 12.0 Å². The fraction of sp³-hybridized carbons (Fsp3) is 0.200. The summed E-state index contributed by atoms with van der Waals surface area (Å²) in [6, 6.07) is 10.3. The maximum atomic E-state index is 12.5. The summed E-state index contributed by atoms with van der Waals surface area (Å²) >= 11 is 0. The van der Waals surface area contributed by atoms with Crippen molar-refractivity contribution in [1.29, 1.82) is 0 Å². The molecular formula is C15H17NO5S2. The van der Waals surface area contributed by atoms with Crippen molar-refractivity contribution in [2.24, 2.45) is 0 Å². The van der Waals surface area contributed by atoms with E-state index in [1.54, 1.807) is 19.1 Å². The van der Waals surface area contributed by atoms with Gasteiger partial charge in [-0.05, 0) is 48.9 Å². The highest BCUT2D eigenvalue weighted by atomic mass is 32.2. The summed E-state index contributed by atoms with van der Waals surface area (Å²) in [5.41, 5.74) is 1.04. The highest BCUT2D eigenvalue weighted by Crippen LogP contribution is 2.27. The van der Waals surface area contributed by atoms with Gasteiger partial charge in [-0.15, -0.1) is 0 Å². The summed E-state index contributed by atoms with van der Waals surface area (Å²) < 4.78 is 55.3. The van der Waals surface area contributed by atoms with Crippen molar-refractivity contribution < 1.29 is 21.6 Å². The molecule has 0 bridgehead atoms. The van der Waals surface area contributed by atoms with Gasteiger partial charge in [0.2, 0.25) is 0 Å². The van der Waals surface area contributed by atoms with E-state index in [1.165, 1.54) is 37.4 Å². The minimum absolute atomic E-state index is 0.0205. The molecule has 0 saturated heterocycles. The number of aryl methyl sites for hydroxylation is 1. The standard InChI is InChI=1S/C15H17NO5S2/c1-11-4-9-14(21-2)15(10-11)23(19,20)16-12-5-7-13(8-6-12)22(3,17)18/h4-10,16H,1-3H3. The number of hydrogen-bond acceptors (Lipinski definition) is 5. The van der Waals surface area contributed by atoms with Crippen LogP contribution in [0.4, 0.5) is 5.69 Å². The van der Waals surface area contributed by atoms with Crippen molar-refractivity contribution in [1.82, 2.24) is 0 Å². The van der Waals surface area contributed by atoms with Crippen LogP contribution in [0.2, 0.25) is 0 Å². The summed E-state index contributed by atoms with van der Waals surface area (Å²) in [4.78, 5) is 0.140. The van der Waals surface area contributed by atoms with Crippen LogP contribution < -0.4 is 9.46 Å². The maximum Gasteiger partial charge on any atom is 0.265 e. The van der Waals surface area contributed by atoms with E-state index in [9.17, 15) is 16.8 Å². The molecule has 0 unspecified atom stereocenters. The molecule has 0 amide bonds. The Labute approximate surface area is 136 Å². The van der Waals surface area contributed by atoms with Crippen molar-refractivity contribution >= 4 is 25.5 Å². The molecule has 1 N–H and O–H groups in total. The van der Waals surface area contributed by atoms with E-state index in [-0.39, 0.29) is 21.2 Å². The molecule has 0 fully saturated rings. The van der Waals surface area contributed by atoms with Crippen LogP contribution in [0.3, 0.4) is 0 Å². The van der Waals surface area contributed by atoms with Crippen LogP contribution in [0.25, 0.3) is 0 Å². The third kappa shape index (κ3) is 4.02. The number of rotatable bonds is 5. The van der Waals surface area contributed by atoms with Crippen molar-refractivity contribution in [2.45, 2.75) is 16.7 Å². The zero-order valence-corrected chi connectivity index (χ0v) is 14.5. The fourth-order valence-electron chi connectivity index (χ4n) is 1.97. The quantitative estimate of drug-likeness (QED) is 0.888. The predicted molar refractivity (Wildman–Crippen MR) is 88.1 cm³/mol. The highest BCUT2D eigenvalue weighted by Gasteiger charge is 2.20. The second-order valence-corrected chi connectivity index (χ2v) is 8.72. The normalized spacial score (nSPS) is 12.0. The van der Waals surface area contributed by atoms with E-state index in [4.69, 9.17) is 4.74 Å². The Morgan fingerprint density at radius 2 is 1.57 bits per heavy atom. The maximum absolute atomic E-state index is 12.5. The molecule has 0 atom stereocenters. The van der Waals surface area contributed by atoms with Gasteiger partial charge in [-0.2, -0.15) is 0 Å². The van der Waals surface area contributed by atoms with Gasteiger partial charge in [0.15, 0.2) is 9.84 Å². The number of benzene rings is 2. The Morgan fingerprint density at radius 1 is 0.957 bits per heavy atom. The first-order valence-corrected chi connectivity index (χ1v) is 9.98. The van der Waals surface area contributed by atoms with Crippen LogP contribution in [0.1, 0.15) is 5.56 Å². The minimum atomic E-state index is -3.85. The topological polar surface area (TPSA) is 89.5 Å². The van der Waals surface area contributed by atoms with Crippen LogP contribution in [-0.4, -0.2) is 30.2 Å². The molecule has 124 valence electrons. The lowest BCUT2D eigenvalue weighted by Gasteiger charge is -2.12. The summed E-state index contributed by atoms with van der Waals surface area (Å²) in [5, 5.41) is 0. The highest BCUT2D eigenvalue weighted by molar-refractivity contribution is 7.92. The van der Waals surface area contributed by atoms with Gasteiger partial charge < -0.3 is 4.74 Å². The van der Waals surface area contributed by atoms with Gasteiger partial charge in [0, 0.05) is 11.9 Å². The first-order valence-electron chi connectivity index (χ1n) is 6.61. The molecule has 2 rings (SSSR count). The smallest absolute Gasteiger partial charge is 0.265 e. The van der Waals surface area contributed by atoms with Crippen molar-refractivity contribution in [2.75, 3.05) is 18.1 Å². The van der Waals surface area contributed by atoms with Crippen molar-refractivity contribution in [3.05, 3.63) is 48.0 Å². The molecule has 0 aliphatic heterocycles. The van der Waals surface area contributed by atoms with Gasteiger partial charge in [0.1, 0.15) is 10.6 Å². The third-order valence-corrected chi connectivity index (χ3v) is 5.67. The molecule has 0 saturated carbocycles.